The van der Waals surface area contributed by atoms with E-state index in [0.29, 0.717) is 23.0 Å². The largest absolute Gasteiger partial charge is 0.416 e. The molecule has 0 amide bonds. The van der Waals surface area contributed by atoms with E-state index in [2.05, 4.69) is 6.92 Å². The maximum atomic E-state index is 15.3. The number of alkyl halides is 3. The van der Waals surface area contributed by atoms with Gasteiger partial charge in [0.25, 0.3) is 0 Å². The Morgan fingerprint density at radius 2 is 1.71 bits per heavy atom. The molecule has 28 heavy (non-hydrogen) atoms. The van der Waals surface area contributed by atoms with Crippen molar-refractivity contribution in [2.24, 2.45) is 11.8 Å². The standard InChI is InChI=1S/C24H26F4/c1-2-3-15-4-10-19-17(14-15)7-11-22-21(19)13-12-20(23(22)25)16-5-8-18(9-6-16)24(26,27)28/h5-6,8-9,12-13,15,17,19H,2-4,7,10-11,14H2,1H3/t15-,17-,19+/m1/s1. The Morgan fingerprint density at radius 3 is 2.39 bits per heavy atom. The van der Waals surface area contributed by atoms with Crippen molar-refractivity contribution in [2.45, 2.75) is 64.0 Å². The average Bonchev–Trinajstić information content (AvgIpc) is 2.67. The first-order valence-corrected chi connectivity index (χ1v) is 10.4. The predicted octanol–water partition coefficient (Wildman–Crippen LogP) is 7.76. The Balaban J connectivity index is 1.61. The van der Waals surface area contributed by atoms with Gasteiger partial charge in [0, 0.05) is 5.56 Å². The van der Waals surface area contributed by atoms with Gasteiger partial charge in [0.15, 0.2) is 0 Å². The second-order valence-electron chi connectivity index (χ2n) is 8.44. The van der Waals surface area contributed by atoms with E-state index in [-0.39, 0.29) is 5.82 Å². The van der Waals surface area contributed by atoms with Gasteiger partial charge < -0.3 is 0 Å². The van der Waals surface area contributed by atoms with Crippen LogP contribution in [0.1, 0.15) is 68.1 Å². The van der Waals surface area contributed by atoms with E-state index in [1.807, 2.05) is 6.07 Å². The number of fused-ring (bicyclic) bond motifs is 3. The second kappa shape index (κ2) is 7.53. The third-order valence-electron chi connectivity index (χ3n) is 6.76. The van der Waals surface area contributed by atoms with Crippen molar-refractivity contribution in [3.8, 4) is 11.1 Å². The van der Waals surface area contributed by atoms with Gasteiger partial charge in [-0.25, -0.2) is 4.39 Å². The van der Waals surface area contributed by atoms with Gasteiger partial charge in [0.2, 0.25) is 0 Å². The summed E-state index contributed by atoms with van der Waals surface area (Å²) < 4.78 is 53.7. The molecule has 1 fully saturated rings. The van der Waals surface area contributed by atoms with Crippen LogP contribution < -0.4 is 0 Å². The lowest BCUT2D eigenvalue weighted by Crippen LogP contribution is -2.28. The van der Waals surface area contributed by atoms with E-state index in [0.717, 1.165) is 48.4 Å². The van der Waals surface area contributed by atoms with E-state index < -0.39 is 11.7 Å². The quantitative estimate of drug-likeness (QED) is 0.470. The first-order chi connectivity index (χ1) is 13.4. The molecule has 2 aromatic rings. The Bertz CT molecular complexity index is 835. The molecule has 0 saturated heterocycles. The molecular formula is C24H26F4. The Labute approximate surface area is 164 Å². The van der Waals surface area contributed by atoms with Gasteiger partial charge in [-0.3, -0.25) is 0 Å². The summed E-state index contributed by atoms with van der Waals surface area (Å²) >= 11 is 0. The molecule has 2 aromatic carbocycles. The van der Waals surface area contributed by atoms with Crippen LogP contribution >= 0.6 is 0 Å². The zero-order valence-electron chi connectivity index (χ0n) is 16.2. The summed E-state index contributed by atoms with van der Waals surface area (Å²) in [6, 6.07) is 8.59. The number of halogens is 4. The molecule has 0 unspecified atom stereocenters. The minimum absolute atomic E-state index is 0.244. The topological polar surface area (TPSA) is 0 Å². The third kappa shape index (κ3) is 3.58. The highest BCUT2D eigenvalue weighted by atomic mass is 19.4. The summed E-state index contributed by atoms with van der Waals surface area (Å²) in [6.07, 6.45) is 3.48. The molecule has 150 valence electrons. The molecule has 4 rings (SSSR count). The summed E-state index contributed by atoms with van der Waals surface area (Å²) in [6.45, 7) is 2.24. The molecule has 0 heterocycles. The van der Waals surface area contributed by atoms with Crippen molar-refractivity contribution < 1.29 is 17.6 Å². The van der Waals surface area contributed by atoms with Gasteiger partial charge >= 0.3 is 6.18 Å². The third-order valence-corrected chi connectivity index (χ3v) is 6.76. The minimum atomic E-state index is -4.38. The molecule has 0 aliphatic heterocycles. The average molecular weight is 390 g/mol. The predicted molar refractivity (Wildman–Crippen MR) is 104 cm³/mol. The van der Waals surface area contributed by atoms with Crippen LogP contribution in [0.2, 0.25) is 0 Å². The number of rotatable bonds is 3. The zero-order valence-corrected chi connectivity index (χ0v) is 16.2. The second-order valence-corrected chi connectivity index (χ2v) is 8.44. The summed E-state index contributed by atoms with van der Waals surface area (Å²) in [4.78, 5) is 0. The molecule has 3 atom stereocenters. The molecule has 0 N–H and O–H groups in total. The summed E-state index contributed by atoms with van der Waals surface area (Å²) in [7, 11) is 0. The molecule has 0 spiro atoms. The van der Waals surface area contributed by atoms with Crippen LogP contribution in [0.5, 0.6) is 0 Å². The molecule has 2 aliphatic rings. The van der Waals surface area contributed by atoms with Crippen molar-refractivity contribution >= 4 is 0 Å². The van der Waals surface area contributed by atoms with Crippen molar-refractivity contribution in [2.75, 3.05) is 0 Å². The van der Waals surface area contributed by atoms with Gasteiger partial charge in [-0.15, -0.1) is 0 Å². The van der Waals surface area contributed by atoms with Crippen LogP contribution in [0.3, 0.4) is 0 Å². The Hall–Kier alpha value is -1.84. The molecule has 1 saturated carbocycles. The molecule has 0 bridgehead atoms. The smallest absolute Gasteiger partial charge is 0.206 e. The van der Waals surface area contributed by atoms with Gasteiger partial charge in [0.1, 0.15) is 5.82 Å². The first kappa shape index (κ1) is 19.5. The van der Waals surface area contributed by atoms with E-state index in [1.165, 1.54) is 37.8 Å². The molecule has 0 aromatic heterocycles. The van der Waals surface area contributed by atoms with Crippen LogP contribution in [0.15, 0.2) is 36.4 Å². The fourth-order valence-electron chi connectivity index (χ4n) is 5.39. The zero-order chi connectivity index (χ0) is 19.9. The van der Waals surface area contributed by atoms with E-state index in [1.54, 1.807) is 6.07 Å². The molecule has 2 aliphatic carbocycles. The summed E-state index contributed by atoms with van der Waals surface area (Å²) in [5.41, 5.74) is 2.13. The maximum Gasteiger partial charge on any atom is 0.416 e. The van der Waals surface area contributed by atoms with E-state index in [9.17, 15) is 13.2 Å². The number of hydrogen-bond donors (Lipinski definition) is 0. The van der Waals surface area contributed by atoms with Crippen molar-refractivity contribution in [1.29, 1.82) is 0 Å². The van der Waals surface area contributed by atoms with Gasteiger partial charge in [-0.05, 0) is 78.7 Å². The lowest BCUT2D eigenvalue weighted by atomic mass is 9.64. The molecular weight excluding hydrogens is 364 g/mol. The van der Waals surface area contributed by atoms with Crippen LogP contribution in [-0.2, 0) is 12.6 Å². The lowest BCUT2D eigenvalue weighted by molar-refractivity contribution is -0.137. The van der Waals surface area contributed by atoms with Crippen LogP contribution in [0.4, 0.5) is 17.6 Å². The van der Waals surface area contributed by atoms with Gasteiger partial charge in [0.05, 0.1) is 5.56 Å². The monoisotopic (exact) mass is 390 g/mol. The molecule has 4 heteroatoms. The summed E-state index contributed by atoms with van der Waals surface area (Å²) in [5, 5.41) is 0. The van der Waals surface area contributed by atoms with E-state index >= 15 is 4.39 Å². The highest BCUT2D eigenvalue weighted by molar-refractivity contribution is 5.67. The SMILES string of the molecule is CCC[C@@H]1CC[C@@H]2c3ccc(-c4ccc(C(F)(F)F)cc4)c(F)c3CC[C@@H]2C1. The fraction of sp³-hybridized carbons (Fsp3) is 0.500. The highest BCUT2D eigenvalue weighted by Gasteiger charge is 2.36. The highest BCUT2D eigenvalue weighted by Crippen LogP contribution is 2.49. The van der Waals surface area contributed by atoms with Crippen molar-refractivity contribution in [3.05, 3.63) is 58.9 Å². The molecule has 0 nitrogen and oxygen atoms in total. The summed E-state index contributed by atoms with van der Waals surface area (Å²) in [5.74, 6) is 1.65. The van der Waals surface area contributed by atoms with Gasteiger partial charge in [-0.1, -0.05) is 44.0 Å². The normalized spacial score (nSPS) is 24.5. The molecule has 0 radical (unpaired) electrons. The number of hydrogen-bond acceptors (Lipinski definition) is 0. The fourth-order valence-corrected chi connectivity index (χ4v) is 5.39. The van der Waals surface area contributed by atoms with Crippen LogP contribution in [-0.4, -0.2) is 0 Å². The lowest BCUT2D eigenvalue weighted by Gasteiger charge is -2.41. The van der Waals surface area contributed by atoms with Crippen molar-refractivity contribution in [3.63, 3.8) is 0 Å². The Kier molecular flexibility index (Phi) is 5.24. The minimum Gasteiger partial charge on any atom is -0.206 e. The first-order valence-electron chi connectivity index (χ1n) is 10.4. The maximum absolute atomic E-state index is 15.3. The Morgan fingerprint density at radius 1 is 0.964 bits per heavy atom. The van der Waals surface area contributed by atoms with Crippen molar-refractivity contribution in [1.82, 2.24) is 0 Å². The number of benzene rings is 2. The van der Waals surface area contributed by atoms with Crippen LogP contribution in [0.25, 0.3) is 11.1 Å². The van der Waals surface area contributed by atoms with Crippen LogP contribution in [0, 0.1) is 17.7 Å². The van der Waals surface area contributed by atoms with E-state index in [4.69, 9.17) is 0 Å². The van der Waals surface area contributed by atoms with Gasteiger partial charge in [-0.2, -0.15) is 13.2 Å².